The van der Waals surface area contributed by atoms with E-state index in [1.54, 1.807) is 18.2 Å². The van der Waals surface area contributed by atoms with Crippen molar-refractivity contribution >= 4 is 5.71 Å². The molecule has 2 aromatic carbocycles. The number of hydrogen-bond donors (Lipinski definition) is 1. The molecule has 1 spiro atoms. The molecule has 2 atom stereocenters. The molecule has 26 heavy (non-hydrogen) atoms. The number of hydrogen-bond acceptors (Lipinski definition) is 4. The summed E-state index contributed by atoms with van der Waals surface area (Å²) in [5.74, 6) is 0.936. The van der Waals surface area contributed by atoms with Crippen LogP contribution in [0.25, 0.3) is 0 Å². The molecule has 1 aliphatic carbocycles. The van der Waals surface area contributed by atoms with E-state index in [2.05, 4.69) is 6.07 Å². The van der Waals surface area contributed by atoms with Crippen LogP contribution in [0.3, 0.4) is 0 Å². The van der Waals surface area contributed by atoms with Gasteiger partial charge in [-0.1, -0.05) is 30.3 Å². The highest BCUT2D eigenvalue weighted by Crippen LogP contribution is 2.50. The molecule has 0 aromatic heterocycles. The first-order valence-electron chi connectivity index (χ1n) is 8.96. The van der Waals surface area contributed by atoms with Crippen LogP contribution in [0.4, 0.5) is 4.39 Å². The van der Waals surface area contributed by atoms with E-state index in [1.165, 1.54) is 12.1 Å². The van der Waals surface area contributed by atoms with Crippen molar-refractivity contribution in [2.45, 2.75) is 37.5 Å². The topological polar surface area (TPSA) is 45.1 Å². The van der Waals surface area contributed by atoms with Gasteiger partial charge in [0.2, 0.25) is 5.72 Å². The van der Waals surface area contributed by atoms with Gasteiger partial charge < -0.3 is 9.84 Å². The Labute approximate surface area is 151 Å². The second-order valence-electron chi connectivity index (χ2n) is 7.09. The van der Waals surface area contributed by atoms with Crippen molar-refractivity contribution in [1.29, 1.82) is 0 Å². The lowest BCUT2D eigenvalue weighted by atomic mass is 9.90. The molecule has 2 aliphatic heterocycles. The van der Waals surface area contributed by atoms with Crippen LogP contribution >= 0.6 is 0 Å². The molecule has 132 valence electrons. The first-order valence-corrected chi connectivity index (χ1v) is 8.96. The summed E-state index contributed by atoms with van der Waals surface area (Å²) in [5, 5.41) is 17.0. The molecular weight excluding hydrogens is 331 g/mol. The van der Waals surface area contributed by atoms with Crippen LogP contribution in [0.1, 0.15) is 42.9 Å². The SMILES string of the molecule is OC1=C[C@]2(CCC1)Oc1ccccc1[C@@H]1CC(c3ccc(F)cc3)=NN12. The number of para-hydroxylation sites is 1. The summed E-state index contributed by atoms with van der Waals surface area (Å²) in [7, 11) is 0. The summed E-state index contributed by atoms with van der Waals surface area (Å²) in [6.45, 7) is 0. The first-order chi connectivity index (χ1) is 12.6. The molecule has 0 saturated heterocycles. The number of ether oxygens (including phenoxy) is 1. The van der Waals surface area contributed by atoms with E-state index in [0.717, 1.165) is 41.9 Å². The normalized spacial score (nSPS) is 26.7. The number of halogens is 1. The summed E-state index contributed by atoms with van der Waals surface area (Å²) in [5.41, 5.74) is 2.16. The minimum Gasteiger partial charge on any atom is -0.512 e. The van der Waals surface area contributed by atoms with Crippen LogP contribution in [0.5, 0.6) is 5.75 Å². The van der Waals surface area contributed by atoms with E-state index in [-0.39, 0.29) is 11.9 Å². The largest absolute Gasteiger partial charge is 0.512 e. The number of benzene rings is 2. The summed E-state index contributed by atoms with van der Waals surface area (Å²) >= 11 is 0. The number of rotatable bonds is 1. The summed E-state index contributed by atoms with van der Waals surface area (Å²) in [6, 6.07) is 14.5. The quantitative estimate of drug-likeness (QED) is 0.811. The van der Waals surface area contributed by atoms with Gasteiger partial charge in [-0.05, 0) is 30.2 Å². The molecule has 3 aliphatic rings. The molecule has 5 rings (SSSR count). The molecule has 0 radical (unpaired) electrons. The molecule has 0 bridgehead atoms. The van der Waals surface area contributed by atoms with E-state index in [0.29, 0.717) is 12.2 Å². The Morgan fingerprint density at radius 3 is 2.77 bits per heavy atom. The van der Waals surface area contributed by atoms with Crippen molar-refractivity contribution in [3.05, 3.63) is 77.3 Å². The zero-order valence-electron chi connectivity index (χ0n) is 14.2. The van der Waals surface area contributed by atoms with Crippen molar-refractivity contribution in [2.75, 3.05) is 0 Å². The summed E-state index contributed by atoms with van der Waals surface area (Å²) < 4.78 is 19.7. The Balaban J connectivity index is 1.63. The second-order valence-corrected chi connectivity index (χ2v) is 7.09. The Morgan fingerprint density at radius 2 is 1.96 bits per heavy atom. The van der Waals surface area contributed by atoms with Crippen molar-refractivity contribution < 1.29 is 14.2 Å². The monoisotopic (exact) mass is 350 g/mol. The van der Waals surface area contributed by atoms with Crippen LogP contribution in [-0.4, -0.2) is 21.6 Å². The molecule has 4 nitrogen and oxygen atoms in total. The Hall–Kier alpha value is -2.82. The molecule has 0 unspecified atom stereocenters. The van der Waals surface area contributed by atoms with Gasteiger partial charge in [0.25, 0.3) is 0 Å². The highest BCUT2D eigenvalue weighted by Gasteiger charge is 2.50. The Morgan fingerprint density at radius 1 is 1.15 bits per heavy atom. The van der Waals surface area contributed by atoms with Crippen LogP contribution in [0.15, 0.2) is 65.5 Å². The molecule has 5 heteroatoms. The summed E-state index contributed by atoms with van der Waals surface area (Å²) in [6.07, 6.45) is 4.80. The van der Waals surface area contributed by atoms with E-state index in [1.807, 2.05) is 23.2 Å². The predicted octanol–water partition coefficient (Wildman–Crippen LogP) is 4.69. The van der Waals surface area contributed by atoms with Gasteiger partial charge in [0.05, 0.1) is 17.5 Å². The highest BCUT2D eigenvalue weighted by molar-refractivity contribution is 6.02. The van der Waals surface area contributed by atoms with Gasteiger partial charge in [-0.3, -0.25) is 0 Å². The van der Waals surface area contributed by atoms with Gasteiger partial charge in [0.15, 0.2) is 0 Å². The number of nitrogens with zero attached hydrogens (tertiary/aromatic N) is 2. The van der Waals surface area contributed by atoms with Crippen LogP contribution in [0, 0.1) is 5.82 Å². The van der Waals surface area contributed by atoms with Crippen molar-refractivity contribution in [2.24, 2.45) is 5.10 Å². The first kappa shape index (κ1) is 15.4. The van der Waals surface area contributed by atoms with E-state index < -0.39 is 5.72 Å². The van der Waals surface area contributed by atoms with Crippen molar-refractivity contribution in [3.8, 4) is 5.75 Å². The minimum atomic E-state index is -0.761. The van der Waals surface area contributed by atoms with Crippen LogP contribution in [0.2, 0.25) is 0 Å². The maximum atomic E-state index is 13.3. The molecular formula is C21H19FN2O2. The van der Waals surface area contributed by atoms with Gasteiger partial charge >= 0.3 is 0 Å². The Kier molecular flexibility index (Phi) is 3.32. The number of aliphatic hydroxyl groups excluding tert-OH is 1. The average molecular weight is 350 g/mol. The molecule has 1 N–H and O–H groups in total. The van der Waals surface area contributed by atoms with Gasteiger partial charge in [-0.25, -0.2) is 9.40 Å². The fourth-order valence-corrected chi connectivity index (χ4v) is 4.19. The summed E-state index contributed by atoms with van der Waals surface area (Å²) in [4.78, 5) is 0. The average Bonchev–Trinajstić information content (AvgIpc) is 3.09. The van der Waals surface area contributed by atoms with E-state index >= 15 is 0 Å². The minimum absolute atomic E-state index is 0.0437. The van der Waals surface area contributed by atoms with Crippen molar-refractivity contribution in [1.82, 2.24) is 5.01 Å². The molecule has 2 aromatic rings. The predicted molar refractivity (Wildman–Crippen MR) is 96.5 cm³/mol. The highest BCUT2D eigenvalue weighted by atomic mass is 19.1. The van der Waals surface area contributed by atoms with Crippen LogP contribution in [-0.2, 0) is 0 Å². The number of aliphatic hydroxyl groups is 1. The third-order valence-electron chi connectivity index (χ3n) is 5.40. The van der Waals surface area contributed by atoms with Crippen LogP contribution < -0.4 is 4.74 Å². The smallest absolute Gasteiger partial charge is 0.220 e. The standard InChI is InChI=1S/C21H19FN2O2/c22-15-9-7-14(8-10-15)18-12-19-17-5-1-2-6-20(17)26-21(24(19)23-18)11-3-4-16(25)13-21/h1-2,5-10,13,19,25H,3-4,11-12H2/t19-,21-/m0/s1. The lowest BCUT2D eigenvalue weighted by Crippen LogP contribution is -2.53. The number of fused-ring (bicyclic) bond motifs is 4. The molecule has 2 heterocycles. The van der Waals surface area contributed by atoms with Gasteiger partial charge in [-0.2, -0.15) is 5.10 Å². The fourth-order valence-electron chi connectivity index (χ4n) is 4.19. The zero-order valence-corrected chi connectivity index (χ0v) is 14.2. The van der Waals surface area contributed by atoms with Gasteiger partial charge in [0, 0.05) is 30.9 Å². The maximum Gasteiger partial charge on any atom is 0.220 e. The Bertz CT molecular complexity index is 922. The number of allylic oxidation sites excluding steroid dienone is 1. The van der Waals surface area contributed by atoms with Gasteiger partial charge in [0.1, 0.15) is 11.6 Å². The lowest BCUT2D eigenvalue weighted by Gasteiger charge is -2.47. The molecule has 0 fully saturated rings. The fraction of sp³-hybridized carbons (Fsp3) is 0.286. The van der Waals surface area contributed by atoms with E-state index in [4.69, 9.17) is 9.84 Å². The van der Waals surface area contributed by atoms with E-state index in [9.17, 15) is 9.50 Å². The van der Waals surface area contributed by atoms with Gasteiger partial charge in [-0.15, -0.1) is 0 Å². The third-order valence-corrected chi connectivity index (χ3v) is 5.40. The molecule has 0 saturated carbocycles. The zero-order chi connectivity index (χ0) is 17.7. The van der Waals surface area contributed by atoms with Crippen molar-refractivity contribution in [3.63, 3.8) is 0 Å². The number of hydrazone groups is 1. The lowest BCUT2D eigenvalue weighted by molar-refractivity contribution is -0.0944. The third kappa shape index (κ3) is 2.30. The molecule has 0 amide bonds. The maximum absolute atomic E-state index is 13.3. The second kappa shape index (κ2) is 5.59.